The lowest BCUT2D eigenvalue weighted by Gasteiger charge is -2.23. The van der Waals surface area contributed by atoms with Crippen molar-refractivity contribution in [2.45, 2.75) is 18.9 Å². The summed E-state index contributed by atoms with van der Waals surface area (Å²) in [5.41, 5.74) is 0.871. The molecule has 2 heterocycles. The summed E-state index contributed by atoms with van der Waals surface area (Å²) >= 11 is 1.48. The van der Waals surface area contributed by atoms with Gasteiger partial charge < -0.3 is 5.32 Å². The van der Waals surface area contributed by atoms with E-state index in [9.17, 15) is 4.79 Å². The fourth-order valence-electron chi connectivity index (χ4n) is 2.29. The van der Waals surface area contributed by atoms with E-state index in [1.165, 1.54) is 11.3 Å². The molecule has 0 saturated carbocycles. The lowest BCUT2D eigenvalue weighted by Crippen LogP contribution is -2.41. The minimum absolute atomic E-state index is 0.0821. The molecule has 1 aromatic carbocycles. The van der Waals surface area contributed by atoms with Gasteiger partial charge in [-0.3, -0.25) is 9.69 Å². The molecule has 1 unspecified atom stereocenters. The second kappa shape index (κ2) is 5.50. The number of anilines is 2. The second-order valence-electron chi connectivity index (χ2n) is 4.47. The maximum absolute atomic E-state index is 12.7. The number of nitrogens with zero attached hydrogens (tertiary/aromatic N) is 2. The zero-order valence-corrected chi connectivity index (χ0v) is 11.3. The van der Waals surface area contributed by atoms with Crippen molar-refractivity contribution in [1.82, 2.24) is 10.3 Å². The van der Waals surface area contributed by atoms with Gasteiger partial charge in [-0.05, 0) is 31.5 Å². The highest BCUT2D eigenvalue weighted by molar-refractivity contribution is 7.13. The Hall–Kier alpha value is -1.72. The summed E-state index contributed by atoms with van der Waals surface area (Å²) in [5, 5.41) is 5.87. The number of carbonyl (C=O) groups is 1. The van der Waals surface area contributed by atoms with E-state index < -0.39 is 0 Å². The summed E-state index contributed by atoms with van der Waals surface area (Å²) in [6.07, 6.45) is 3.68. The first kappa shape index (κ1) is 12.3. The number of amides is 1. The van der Waals surface area contributed by atoms with Crippen molar-refractivity contribution in [2.75, 3.05) is 11.4 Å². The normalized spacial score (nSPS) is 18.4. The van der Waals surface area contributed by atoms with E-state index >= 15 is 0 Å². The van der Waals surface area contributed by atoms with Gasteiger partial charge in [-0.2, -0.15) is 0 Å². The predicted octanol–water partition coefficient (Wildman–Crippen LogP) is 2.56. The van der Waals surface area contributed by atoms with Gasteiger partial charge in [-0.15, -0.1) is 11.3 Å². The van der Waals surface area contributed by atoms with Gasteiger partial charge in [0.15, 0.2) is 5.13 Å². The molecule has 1 atom stereocenters. The van der Waals surface area contributed by atoms with Gasteiger partial charge in [0.05, 0.1) is 11.7 Å². The Morgan fingerprint density at radius 3 is 2.84 bits per heavy atom. The molecule has 1 saturated heterocycles. The standard InChI is InChI=1S/C14H15N3OS/c18-13(12-7-4-8-15-12)17(14-16-9-10-19-14)11-5-2-1-3-6-11/h1-3,5-6,9-10,12,15H,4,7-8H2. The van der Waals surface area contributed by atoms with Gasteiger partial charge in [0.2, 0.25) is 5.91 Å². The molecule has 0 radical (unpaired) electrons. The van der Waals surface area contributed by atoms with Crippen LogP contribution in [0.15, 0.2) is 41.9 Å². The molecule has 1 amide bonds. The Morgan fingerprint density at radius 2 is 2.21 bits per heavy atom. The molecule has 1 N–H and O–H groups in total. The van der Waals surface area contributed by atoms with Crippen LogP contribution in [0.2, 0.25) is 0 Å². The zero-order valence-electron chi connectivity index (χ0n) is 10.5. The molecular formula is C14H15N3OS. The first-order valence-electron chi connectivity index (χ1n) is 6.38. The molecule has 5 heteroatoms. The molecule has 3 rings (SSSR count). The molecular weight excluding hydrogens is 258 g/mol. The van der Waals surface area contributed by atoms with Crippen LogP contribution in [-0.2, 0) is 4.79 Å². The van der Waals surface area contributed by atoms with Crippen LogP contribution in [-0.4, -0.2) is 23.5 Å². The third-order valence-electron chi connectivity index (χ3n) is 3.20. The molecule has 1 aliphatic rings. The summed E-state index contributed by atoms with van der Waals surface area (Å²) in [5.74, 6) is 0.0821. The fourth-order valence-corrected chi connectivity index (χ4v) is 2.95. The number of benzene rings is 1. The van der Waals surface area contributed by atoms with Gasteiger partial charge in [0.1, 0.15) is 0 Å². The highest BCUT2D eigenvalue weighted by atomic mass is 32.1. The number of aromatic nitrogens is 1. The summed E-state index contributed by atoms with van der Waals surface area (Å²) in [6, 6.07) is 9.60. The van der Waals surface area contributed by atoms with Gasteiger partial charge in [0.25, 0.3) is 0 Å². The van der Waals surface area contributed by atoms with E-state index in [0.29, 0.717) is 0 Å². The Bertz CT molecular complexity index is 535. The summed E-state index contributed by atoms with van der Waals surface area (Å²) < 4.78 is 0. The van der Waals surface area contributed by atoms with Crippen molar-refractivity contribution in [3.8, 4) is 0 Å². The third-order valence-corrected chi connectivity index (χ3v) is 3.96. The molecule has 1 aromatic heterocycles. The lowest BCUT2D eigenvalue weighted by atomic mass is 10.2. The molecule has 4 nitrogen and oxygen atoms in total. The van der Waals surface area contributed by atoms with Crippen molar-refractivity contribution < 1.29 is 4.79 Å². The van der Waals surface area contributed by atoms with E-state index in [4.69, 9.17) is 0 Å². The molecule has 1 fully saturated rings. The second-order valence-corrected chi connectivity index (χ2v) is 5.35. The Balaban J connectivity index is 1.95. The predicted molar refractivity (Wildman–Crippen MR) is 76.7 cm³/mol. The molecule has 19 heavy (non-hydrogen) atoms. The number of para-hydroxylation sites is 1. The van der Waals surface area contributed by atoms with Crippen LogP contribution in [0.5, 0.6) is 0 Å². The van der Waals surface area contributed by atoms with Crippen LogP contribution in [0.1, 0.15) is 12.8 Å². The summed E-state index contributed by atoms with van der Waals surface area (Å²) in [7, 11) is 0. The van der Waals surface area contributed by atoms with Crippen LogP contribution < -0.4 is 10.2 Å². The first-order valence-corrected chi connectivity index (χ1v) is 7.26. The highest BCUT2D eigenvalue weighted by Gasteiger charge is 2.29. The summed E-state index contributed by atoms with van der Waals surface area (Å²) in [6.45, 7) is 0.914. The van der Waals surface area contributed by atoms with Crippen molar-refractivity contribution in [2.24, 2.45) is 0 Å². The molecule has 2 aromatic rings. The van der Waals surface area contributed by atoms with E-state index in [0.717, 1.165) is 30.2 Å². The van der Waals surface area contributed by atoms with Crippen molar-refractivity contribution in [3.05, 3.63) is 41.9 Å². The van der Waals surface area contributed by atoms with Crippen LogP contribution in [0.3, 0.4) is 0 Å². The van der Waals surface area contributed by atoms with E-state index in [1.807, 2.05) is 35.7 Å². The highest BCUT2D eigenvalue weighted by Crippen LogP contribution is 2.28. The van der Waals surface area contributed by atoms with Crippen molar-refractivity contribution >= 4 is 28.1 Å². The van der Waals surface area contributed by atoms with Crippen LogP contribution in [0, 0.1) is 0 Å². The van der Waals surface area contributed by atoms with Crippen LogP contribution in [0.4, 0.5) is 10.8 Å². The van der Waals surface area contributed by atoms with Crippen molar-refractivity contribution in [3.63, 3.8) is 0 Å². The Kier molecular flexibility index (Phi) is 3.57. The van der Waals surface area contributed by atoms with Gasteiger partial charge in [-0.25, -0.2) is 4.98 Å². The maximum atomic E-state index is 12.7. The smallest absolute Gasteiger partial charge is 0.250 e. The molecule has 0 aliphatic carbocycles. The Morgan fingerprint density at radius 1 is 1.37 bits per heavy atom. The number of nitrogens with one attached hydrogen (secondary N) is 1. The number of carbonyl (C=O) groups excluding carboxylic acids is 1. The SMILES string of the molecule is O=C(C1CCCN1)N(c1ccccc1)c1nccs1. The van der Waals surface area contributed by atoms with Crippen LogP contribution in [0.25, 0.3) is 0 Å². The molecule has 1 aliphatic heterocycles. The minimum Gasteiger partial charge on any atom is -0.306 e. The van der Waals surface area contributed by atoms with Gasteiger partial charge >= 0.3 is 0 Å². The Labute approximate surface area is 116 Å². The van der Waals surface area contributed by atoms with Crippen molar-refractivity contribution in [1.29, 1.82) is 0 Å². The quantitative estimate of drug-likeness (QED) is 0.934. The number of rotatable bonds is 3. The number of hydrogen-bond acceptors (Lipinski definition) is 4. The molecule has 98 valence electrons. The van der Waals surface area contributed by atoms with Gasteiger partial charge in [0, 0.05) is 11.6 Å². The maximum Gasteiger partial charge on any atom is 0.250 e. The minimum atomic E-state index is -0.0934. The zero-order chi connectivity index (χ0) is 13.1. The lowest BCUT2D eigenvalue weighted by molar-refractivity contribution is -0.119. The van der Waals surface area contributed by atoms with E-state index in [1.54, 1.807) is 11.1 Å². The average molecular weight is 273 g/mol. The van der Waals surface area contributed by atoms with Gasteiger partial charge in [-0.1, -0.05) is 18.2 Å². The van der Waals surface area contributed by atoms with E-state index in [-0.39, 0.29) is 11.9 Å². The number of thiazole rings is 1. The average Bonchev–Trinajstić information content (AvgIpc) is 3.13. The third kappa shape index (κ3) is 2.52. The first-order chi connectivity index (χ1) is 9.36. The monoisotopic (exact) mass is 273 g/mol. The summed E-state index contributed by atoms with van der Waals surface area (Å²) in [4.78, 5) is 18.7. The van der Waals surface area contributed by atoms with Crippen LogP contribution >= 0.6 is 11.3 Å². The molecule has 0 spiro atoms. The largest absolute Gasteiger partial charge is 0.306 e. The van der Waals surface area contributed by atoms with E-state index in [2.05, 4.69) is 10.3 Å². The molecule has 0 bridgehead atoms. The topological polar surface area (TPSA) is 45.2 Å². The fraction of sp³-hybridized carbons (Fsp3) is 0.286. The number of hydrogen-bond donors (Lipinski definition) is 1.